The van der Waals surface area contributed by atoms with Crippen molar-refractivity contribution in [3.63, 3.8) is 0 Å². The molecule has 0 aliphatic rings. The lowest BCUT2D eigenvalue weighted by molar-refractivity contribution is -0.167. The van der Waals surface area contributed by atoms with Crippen molar-refractivity contribution < 1.29 is 28.6 Å². The Hall–Kier alpha value is -1.59. The average molecular weight is 892 g/mol. The fraction of sp³-hybridized carbons (Fsp3) is 0.947. The van der Waals surface area contributed by atoms with Gasteiger partial charge in [-0.25, -0.2) is 0 Å². The van der Waals surface area contributed by atoms with Gasteiger partial charge in [0.05, 0.1) is 0 Å². The molecule has 0 aliphatic carbocycles. The first kappa shape index (κ1) is 61.4. The van der Waals surface area contributed by atoms with Crippen LogP contribution in [0.4, 0.5) is 0 Å². The number of rotatable bonds is 51. The van der Waals surface area contributed by atoms with Gasteiger partial charge in [-0.1, -0.05) is 279 Å². The molecule has 0 unspecified atom stereocenters. The number of esters is 3. The molecule has 63 heavy (non-hydrogen) atoms. The van der Waals surface area contributed by atoms with E-state index in [9.17, 15) is 14.4 Å². The zero-order chi connectivity index (χ0) is 46.1. The molecule has 0 aliphatic heterocycles. The molecule has 0 aromatic heterocycles. The van der Waals surface area contributed by atoms with E-state index in [1.165, 1.54) is 205 Å². The summed E-state index contributed by atoms with van der Waals surface area (Å²) in [5.41, 5.74) is 0. The molecule has 1 atom stereocenters. The first-order chi connectivity index (χ1) is 30.7. The lowest BCUT2D eigenvalue weighted by Crippen LogP contribution is -2.30. The summed E-state index contributed by atoms with van der Waals surface area (Å²) in [6.07, 6.45) is 52.3. The van der Waals surface area contributed by atoms with Crippen LogP contribution in [0.5, 0.6) is 0 Å². The third-order valence-electron chi connectivity index (χ3n) is 13.0. The monoisotopic (exact) mass is 891 g/mol. The minimum absolute atomic E-state index is 0.0628. The van der Waals surface area contributed by atoms with Gasteiger partial charge < -0.3 is 14.2 Å². The summed E-state index contributed by atoms with van der Waals surface area (Å²) >= 11 is 0. The summed E-state index contributed by atoms with van der Waals surface area (Å²) in [7, 11) is 0. The minimum Gasteiger partial charge on any atom is -0.462 e. The second-order valence-electron chi connectivity index (χ2n) is 20.5. The predicted molar refractivity (Wildman–Crippen MR) is 270 cm³/mol. The molecule has 0 heterocycles. The summed E-state index contributed by atoms with van der Waals surface area (Å²) in [6.45, 7) is 11.4. The van der Waals surface area contributed by atoms with Gasteiger partial charge in [0.2, 0.25) is 0 Å². The van der Waals surface area contributed by atoms with E-state index in [0.29, 0.717) is 19.3 Å². The molecule has 0 aromatic carbocycles. The van der Waals surface area contributed by atoms with Crippen LogP contribution in [0.25, 0.3) is 0 Å². The number of hydrogen-bond acceptors (Lipinski definition) is 6. The van der Waals surface area contributed by atoms with Crippen LogP contribution in [0.1, 0.15) is 317 Å². The molecule has 6 heteroatoms. The first-order valence-electron chi connectivity index (χ1n) is 28.2. The summed E-state index contributed by atoms with van der Waals surface area (Å²) < 4.78 is 16.9. The van der Waals surface area contributed by atoms with Crippen LogP contribution in [0.3, 0.4) is 0 Å². The zero-order valence-electron chi connectivity index (χ0n) is 43.2. The van der Waals surface area contributed by atoms with Gasteiger partial charge in [-0.05, 0) is 31.1 Å². The van der Waals surface area contributed by atoms with E-state index in [2.05, 4.69) is 34.6 Å². The molecular weight excluding hydrogens is 781 g/mol. The standard InChI is InChI=1S/C57H110O6/c1-6-7-8-9-10-11-12-15-22-27-32-37-42-47-55(58)61-50-54(51-62-56(59)48-43-38-33-28-23-19-18-21-26-31-36-41-46-53(4)5)63-57(60)49-44-39-34-29-24-17-14-13-16-20-25-30-35-40-45-52(2)3/h52-54H,6-51H2,1-5H3/t54-/m0/s1. The zero-order valence-corrected chi connectivity index (χ0v) is 43.2. The molecule has 0 fully saturated rings. The average Bonchev–Trinajstić information content (AvgIpc) is 3.25. The van der Waals surface area contributed by atoms with E-state index in [-0.39, 0.29) is 31.1 Å². The number of ether oxygens (including phenoxy) is 3. The lowest BCUT2D eigenvalue weighted by Gasteiger charge is -2.18. The topological polar surface area (TPSA) is 78.9 Å². The first-order valence-corrected chi connectivity index (χ1v) is 28.2. The van der Waals surface area contributed by atoms with Crippen LogP contribution in [0.2, 0.25) is 0 Å². The number of carbonyl (C=O) groups excluding carboxylic acids is 3. The largest absolute Gasteiger partial charge is 0.462 e. The number of unbranched alkanes of at least 4 members (excludes halogenated alkanes) is 36. The Kier molecular flexibility index (Phi) is 48.6. The van der Waals surface area contributed by atoms with Gasteiger partial charge in [0.15, 0.2) is 6.10 Å². The maximum absolute atomic E-state index is 12.8. The molecular formula is C57H110O6. The molecule has 0 aromatic rings. The quantitative estimate of drug-likeness (QED) is 0.0344. The van der Waals surface area contributed by atoms with Crippen molar-refractivity contribution in [2.75, 3.05) is 13.2 Å². The van der Waals surface area contributed by atoms with Crippen LogP contribution >= 0.6 is 0 Å². The summed E-state index contributed by atoms with van der Waals surface area (Å²) in [4.78, 5) is 38.1. The molecule has 374 valence electrons. The van der Waals surface area contributed by atoms with Crippen LogP contribution in [-0.4, -0.2) is 37.2 Å². The van der Waals surface area contributed by atoms with E-state index in [0.717, 1.165) is 69.6 Å². The van der Waals surface area contributed by atoms with Gasteiger partial charge in [0, 0.05) is 19.3 Å². The smallest absolute Gasteiger partial charge is 0.306 e. The minimum atomic E-state index is -0.762. The Morgan fingerprint density at radius 3 is 0.778 bits per heavy atom. The van der Waals surface area contributed by atoms with Gasteiger partial charge in [0.25, 0.3) is 0 Å². The summed E-state index contributed by atoms with van der Waals surface area (Å²) in [5.74, 6) is 0.837. The molecule has 0 spiro atoms. The second-order valence-corrected chi connectivity index (χ2v) is 20.5. The Labute approximate surface area is 393 Å². The Morgan fingerprint density at radius 2 is 0.524 bits per heavy atom. The van der Waals surface area contributed by atoms with Crippen LogP contribution < -0.4 is 0 Å². The molecule has 0 saturated carbocycles. The predicted octanol–water partition coefficient (Wildman–Crippen LogP) is 18.5. The van der Waals surface area contributed by atoms with Crippen molar-refractivity contribution in [1.29, 1.82) is 0 Å². The maximum atomic E-state index is 12.8. The van der Waals surface area contributed by atoms with Crippen molar-refractivity contribution in [3.05, 3.63) is 0 Å². The highest BCUT2D eigenvalue weighted by molar-refractivity contribution is 5.71. The Morgan fingerprint density at radius 1 is 0.302 bits per heavy atom. The van der Waals surface area contributed by atoms with Crippen LogP contribution in [0.15, 0.2) is 0 Å². The van der Waals surface area contributed by atoms with Gasteiger partial charge in [0.1, 0.15) is 13.2 Å². The molecule has 0 radical (unpaired) electrons. The SMILES string of the molecule is CCCCCCCCCCCCCCCC(=O)OC[C@@H](COC(=O)CCCCCCCCCCCCCCC(C)C)OC(=O)CCCCCCCCCCCCCCCCC(C)C. The van der Waals surface area contributed by atoms with E-state index < -0.39 is 6.10 Å². The third kappa shape index (κ3) is 51.3. The molecule has 0 amide bonds. The second kappa shape index (κ2) is 49.8. The van der Waals surface area contributed by atoms with E-state index in [4.69, 9.17) is 14.2 Å². The lowest BCUT2D eigenvalue weighted by atomic mass is 10.0. The fourth-order valence-electron chi connectivity index (χ4n) is 8.70. The highest BCUT2D eigenvalue weighted by atomic mass is 16.6. The van der Waals surface area contributed by atoms with Crippen molar-refractivity contribution in [3.8, 4) is 0 Å². The molecule has 6 nitrogen and oxygen atoms in total. The van der Waals surface area contributed by atoms with Crippen molar-refractivity contribution in [1.82, 2.24) is 0 Å². The third-order valence-corrected chi connectivity index (χ3v) is 13.0. The van der Waals surface area contributed by atoms with E-state index in [1.54, 1.807) is 0 Å². The van der Waals surface area contributed by atoms with Gasteiger partial charge in [-0.3, -0.25) is 14.4 Å². The molecule has 0 saturated heterocycles. The van der Waals surface area contributed by atoms with Crippen molar-refractivity contribution in [2.45, 2.75) is 323 Å². The Balaban J connectivity index is 4.30. The van der Waals surface area contributed by atoms with Crippen LogP contribution in [-0.2, 0) is 28.6 Å². The van der Waals surface area contributed by atoms with Crippen LogP contribution in [0, 0.1) is 11.8 Å². The Bertz CT molecular complexity index is 962. The fourth-order valence-corrected chi connectivity index (χ4v) is 8.70. The van der Waals surface area contributed by atoms with E-state index >= 15 is 0 Å². The van der Waals surface area contributed by atoms with Crippen molar-refractivity contribution >= 4 is 17.9 Å². The summed E-state index contributed by atoms with van der Waals surface area (Å²) in [6, 6.07) is 0. The molecule has 0 N–H and O–H groups in total. The molecule has 0 rings (SSSR count). The van der Waals surface area contributed by atoms with E-state index in [1.807, 2.05) is 0 Å². The molecule has 0 bridgehead atoms. The van der Waals surface area contributed by atoms with Gasteiger partial charge in [-0.2, -0.15) is 0 Å². The van der Waals surface area contributed by atoms with Gasteiger partial charge in [-0.15, -0.1) is 0 Å². The van der Waals surface area contributed by atoms with Crippen molar-refractivity contribution in [2.24, 2.45) is 11.8 Å². The normalized spacial score (nSPS) is 12.0. The number of hydrogen-bond donors (Lipinski definition) is 0. The van der Waals surface area contributed by atoms with Gasteiger partial charge >= 0.3 is 17.9 Å². The maximum Gasteiger partial charge on any atom is 0.306 e. The highest BCUT2D eigenvalue weighted by Gasteiger charge is 2.19. The summed E-state index contributed by atoms with van der Waals surface area (Å²) in [5, 5.41) is 0. The highest BCUT2D eigenvalue weighted by Crippen LogP contribution is 2.18. The number of carbonyl (C=O) groups is 3.